The van der Waals surface area contributed by atoms with Gasteiger partial charge in [-0.1, -0.05) is 6.07 Å². The number of hydrogen-bond acceptors (Lipinski definition) is 4. The lowest BCUT2D eigenvalue weighted by molar-refractivity contribution is 0.0985. The zero-order valence-electron chi connectivity index (χ0n) is 11.0. The molecule has 3 rings (SSSR count). The average Bonchev–Trinajstić information content (AvgIpc) is 3.05. The van der Waals surface area contributed by atoms with Gasteiger partial charge in [0.05, 0.1) is 5.69 Å². The minimum Gasteiger partial charge on any atom is -0.362 e. The number of amides is 1. The van der Waals surface area contributed by atoms with E-state index < -0.39 is 0 Å². The molecule has 104 valence electrons. The van der Waals surface area contributed by atoms with Gasteiger partial charge in [-0.3, -0.25) is 4.79 Å². The summed E-state index contributed by atoms with van der Waals surface area (Å²) in [5.41, 5.74) is 2.07. The van der Waals surface area contributed by atoms with Crippen LogP contribution in [-0.2, 0) is 6.42 Å². The highest BCUT2D eigenvalue weighted by molar-refractivity contribution is 7.13. The summed E-state index contributed by atoms with van der Waals surface area (Å²) in [6.45, 7) is 3.31. The van der Waals surface area contributed by atoms with Gasteiger partial charge in [0.25, 0.3) is 5.91 Å². The Morgan fingerprint density at radius 3 is 3.20 bits per heavy atom. The molecule has 0 fully saturated rings. The van der Waals surface area contributed by atoms with Crippen molar-refractivity contribution in [1.82, 2.24) is 4.98 Å². The van der Waals surface area contributed by atoms with Crippen molar-refractivity contribution < 1.29 is 9.18 Å². The molecule has 0 aliphatic carbocycles. The first kappa shape index (κ1) is 13.1. The molecule has 2 heterocycles. The van der Waals surface area contributed by atoms with Crippen LogP contribution in [-0.4, -0.2) is 24.0 Å². The fourth-order valence-corrected chi connectivity index (χ4v) is 3.06. The number of nitrogens with one attached hydrogen (secondary N) is 1. The van der Waals surface area contributed by atoms with E-state index in [1.54, 1.807) is 16.3 Å². The third-order valence-electron chi connectivity index (χ3n) is 3.24. The van der Waals surface area contributed by atoms with Crippen molar-refractivity contribution in [3.8, 4) is 0 Å². The molecule has 0 unspecified atom stereocenters. The van der Waals surface area contributed by atoms with E-state index in [0.717, 1.165) is 23.7 Å². The number of anilines is 2. The van der Waals surface area contributed by atoms with Crippen LogP contribution >= 0.6 is 11.3 Å². The lowest BCUT2D eigenvalue weighted by atomic mass is 10.2. The van der Waals surface area contributed by atoms with Crippen molar-refractivity contribution in [3.63, 3.8) is 0 Å². The second-order valence-corrected chi connectivity index (χ2v) is 5.41. The first-order chi connectivity index (χ1) is 9.69. The van der Waals surface area contributed by atoms with E-state index >= 15 is 0 Å². The van der Waals surface area contributed by atoms with Gasteiger partial charge in [-0.2, -0.15) is 0 Å². The Balaban J connectivity index is 1.87. The summed E-state index contributed by atoms with van der Waals surface area (Å²) in [4.78, 5) is 18.3. The molecule has 20 heavy (non-hydrogen) atoms. The van der Waals surface area contributed by atoms with Crippen LogP contribution in [0.2, 0.25) is 0 Å². The van der Waals surface area contributed by atoms with Gasteiger partial charge in [0.2, 0.25) is 0 Å². The molecular formula is C14H14FN3OS. The van der Waals surface area contributed by atoms with E-state index in [1.807, 2.05) is 6.92 Å². The maximum absolute atomic E-state index is 13.3. The zero-order chi connectivity index (χ0) is 14.1. The van der Waals surface area contributed by atoms with Crippen molar-refractivity contribution in [1.29, 1.82) is 0 Å². The summed E-state index contributed by atoms with van der Waals surface area (Å²) in [5.74, 6) is -0.496. The Labute approximate surface area is 120 Å². The van der Waals surface area contributed by atoms with Crippen LogP contribution in [0, 0.1) is 5.82 Å². The van der Waals surface area contributed by atoms with Crippen molar-refractivity contribution in [2.24, 2.45) is 0 Å². The minimum absolute atomic E-state index is 0.172. The Hall–Kier alpha value is -1.95. The van der Waals surface area contributed by atoms with Gasteiger partial charge in [-0.15, -0.1) is 11.3 Å². The predicted molar refractivity (Wildman–Crippen MR) is 78.1 cm³/mol. The van der Waals surface area contributed by atoms with Gasteiger partial charge < -0.3 is 10.2 Å². The molecule has 2 aromatic rings. The van der Waals surface area contributed by atoms with Gasteiger partial charge >= 0.3 is 0 Å². The van der Waals surface area contributed by atoms with E-state index in [0.29, 0.717) is 17.9 Å². The molecule has 1 aliphatic rings. The molecule has 4 nitrogen and oxygen atoms in total. The molecule has 0 saturated carbocycles. The van der Waals surface area contributed by atoms with E-state index in [2.05, 4.69) is 10.3 Å². The molecule has 6 heteroatoms. The van der Waals surface area contributed by atoms with Gasteiger partial charge in [0.15, 0.2) is 5.13 Å². The molecule has 1 aliphatic heterocycles. The highest BCUT2D eigenvalue weighted by Gasteiger charge is 2.27. The van der Waals surface area contributed by atoms with Gasteiger partial charge in [-0.25, -0.2) is 9.37 Å². The van der Waals surface area contributed by atoms with Gasteiger partial charge in [0, 0.05) is 18.5 Å². The first-order valence-corrected chi connectivity index (χ1v) is 7.36. The van der Waals surface area contributed by atoms with Crippen LogP contribution in [0.3, 0.4) is 0 Å². The molecule has 1 amide bonds. The third kappa shape index (κ3) is 2.27. The Morgan fingerprint density at radius 2 is 2.40 bits per heavy atom. The standard InChI is InChI=1S/C14H14FN3OS/c1-2-16-14-17-11(8-20-14)13(19)18-6-5-9-3-4-10(15)7-12(9)18/h3-4,7-8H,2,5-6H2,1H3,(H,16,17). The number of carbonyl (C=O) groups is 1. The highest BCUT2D eigenvalue weighted by Crippen LogP contribution is 2.30. The zero-order valence-corrected chi connectivity index (χ0v) is 11.8. The maximum Gasteiger partial charge on any atom is 0.277 e. The summed E-state index contributed by atoms with van der Waals surface area (Å²) >= 11 is 1.40. The van der Waals surface area contributed by atoms with Crippen LogP contribution < -0.4 is 10.2 Å². The fourth-order valence-electron chi connectivity index (χ4n) is 2.31. The summed E-state index contributed by atoms with van der Waals surface area (Å²) in [7, 11) is 0. The SMILES string of the molecule is CCNc1nc(C(=O)N2CCc3ccc(F)cc32)cs1. The largest absolute Gasteiger partial charge is 0.362 e. The van der Waals surface area contributed by atoms with E-state index in [9.17, 15) is 9.18 Å². The molecular weight excluding hydrogens is 277 g/mol. The highest BCUT2D eigenvalue weighted by atomic mass is 32.1. The first-order valence-electron chi connectivity index (χ1n) is 6.48. The molecule has 0 bridgehead atoms. The van der Waals surface area contributed by atoms with Crippen molar-refractivity contribution in [2.75, 3.05) is 23.3 Å². The Bertz CT molecular complexity index is 656. The normalized spacial score (nSPS) is 13.4. The summed E-state index contributed by atoms with van der Waals surface area (Å²) in [6.07, 6.45) is 0.756. The Morgan fingerprint density at radius 1 is 1.55 bits per heavy atom. The quantitative estimate of drug-likeness (QED) is 0.945. The molecule has 0 atom stereocenters. The predicted octanol–water partition coefficient (Wildman–Crippen LogP) is 2.92. The summed E-state index contributed by atoms with van der Waals surface area (Å²) < 4.78 is 13.3. The van der Waals surface area contributed by atoms with Crippen LogP contribution in [0.5, 0.6) is 0 Å². The second-order valence-electron chi connectivity index (χ2n) is 4.55. The lowest BCUT2D eigenvalue weighted by Gasteiger charge is -2.15. The van der Waals surface area contributed by atoms with Crippen molar-refractivity contribution >= 4 is 28.1 Å². The molecule has 0 spiro atoms. The van der Waals surface area contributed by atoms with Crippen molar-refractivity contribution in [3.05, 3.63) is 40.7 Å². The topological polar surface area (TPSA) is 45.2 Å². The molecule has 1 aromatic carbocycles. The van der Waals surface area contributed by atoms with E-state index in [4.69, 9.17) is 0 Å². The second kappa shape index (κ2) is 5.20. The summed E-state index contributed by atoms with van der Waals surface area (Å²) in [6, 6.07) is 4.58. The number of fused-ring (bicyclic) bond motifs is 1. The molecule has 1 aromatic heterocycles. The average molecular weight is 291 g/mol. The molecule has 1 N–H and O–H groups in total. The van der Waals surface area contributed by atoms with E-state index in [1.165, 1.54) is 23.5 Å². The number of benzene rings is 1. The van der Waals surface area contributed by atoms with Crippen LogP contribution in [0.1, 0.15) is 23.0 Å². The van der Waals surface area contributed by atoms with Crippen LogP contribution in [0.4, 0.5) is 15.2 Å². The minimum atomic E-state index is -0.324. The van der Waals surface area contributed by atoms with Crippen molar-refractivity contribution in [2.45, 2.75) is 13.3 Å². The number of rotatable bonds is 3. The van der Waals surface area contributed by atoms with Gasteiger partial charge in [0.1, 0.15) is 11.5 Å². The third-order valence-corrected chi connectivity index (χ3v) is 4.04. The fraction of sp³-hybridized carbons (Fsp3) is 0.286. The number of nitrogens with zero attached hydrogens (tertiary/aromatic N) is 2. The summed E-state index contributed by atoms with van der Waals surface area (Å²) in [5, 5.41) is 5.54. The lowest BCUT2D eigenvalue weighted by Crippen LogP contribution is -2.29. The number of aromatic nitrogens is 1. The number of halogens is 1. The molecule has 0 saturated heterocycles. The monoisotopic (exact) mass is 291 g/mol. The smallest absolute Gasteiger partial charge is 0.277 e. The number of hydrogen-bond donors (Lipinski definition) is 1. The maximum atomic E-state index is 13.3. The Kier molecular flexibility index (Phi) is 3.40. The van der Waals surface area contributed by atoms with E-state index in [-0.39, 0.29) is 11.7 Å². The van der Waals surface area contributed by atoms with Crippen LogP contribution in [0.25, 0.3) is 0 Å². The number of thiazole rings is 1. The van der Waals surface area contributed by atoms with Crippen LogP contribution in [0.15, 0.2) is 23.6 Å². The molecule has 0 radical (unpaired) electrons. The number of carbonyl (C=O) groups excluding carboxylic acids is 1. The van der Waals surface area contributed by atoms with Gasteiger partial charge in [-0.05, 0) is 31.0 Å².